The SMILES string of the molecule is COCC(C)OCCNC(C)C(C)C. The average Bonchev–Trinajstić information content (AvgIpc) is 2.12. The molecule has 3 nitrogen and oxygen atoms in total. The van der Waals surface area contributed by atoms with Crippen LogP contribution in [0, 0.1) is 5.92 Å². The van der Waals surface area contributed by atoms with Crippen molar-refractivity contribution in [2.24, 2.45) is 5.92 Å². The van der Waals surface area contributed by atoms with Gasteiger partial charge in [0.1, 0.15) is 0 Å². The summed E-state index contributed by atoms with van der Waals surface area (Å²) in [4.78, 5) is 0. The number of hydrogen-bond donors (Lipinski definition) is 1. The maximum atomic E-state index is 5.53. The fourth-order valence-corrected chi connectivity index (χ4v) is 1.07. The summed E-state index contributed by atoms with van der Waals surface area (Å²) >= 11 is 0. The first-order chi connectivity index (χ1) is 6.57. The number of nitrogens with one attached hydrogen (secondary N) is 1. The van der Waals surface area contributed by atoms with Crippen LogP contribution in [0.1, 0.15) is 27.7 Å². The van der Waals surface area contributed by atoms with E-state index in [0.717, 1.165) is 13.2 Å². The van der Waals surface area contributed by atoms with Gasteiger partial charge in [0.05, 0.1) is 19.3 Å². The molecule has 0 rings (SSSR count). The number of ether oxygens (including phenoxy) is 2. The zero-order valence-electron chi connectivity index (χ0n) is 10.2. The lowest BCUT2D eigenvalue weighted by atomic mass is 10.1. The Morgan fingerprint density at radius 3 is 2.29 bits per heavy atom. The molecular weight excluding hydrogens is 178 g/mol. The Morgan fingerprint density at radius 2 is 1.79 bits per heavy atom. The molecule has 0 amide bonds. The monoisotopic (exact) mass is 203 g/mol. The molecule has 0 radical (unpaired) electrons. The van der Waals surface area contributed by atoms with Crippen LogP contribution in [0.15, 0.2) is 0 Å². The minimum absolute atomic E-state index is 0.191. The van der Waals surface area contributed by atoms with Gasteiger partial charge in [0.25, 0.3) is 0 Å². The van der Waals surface area contributed by atoms with Crippen molar-refractivity contribution < 1.29 is 9.47 Å². The highest BCUT2D eigenvalue weighted by Crippen LogP contribution is 1.98. The molecule has 3 heteroatoms. The molecule has 0 saturated heterocycles. The lowest BCUT2D eigenvalue weighted by Crippen LogP contribution is -2.34. The minimum atomic E-state index is 0.191. The summed E-state index contributed by atoms with van der Waals surface area (Å²) in [6.45, 7) is 11.0. The summed E-state index contributed by atoms with van der Waals surface area (Å²) < 4.78 is 10.5. The third-order valence-corrected chi connectivity index (χ3v) is 2.37. The fourth-order valence-electron chi connectivity index (χ4n) is 1.07. The summed E-state index contributed by atoms with van der Waals surface area (Å²) in [7, 11) is 1.69. The predicted octanol–water partition coefficient (Wildman–Crippen LogP) is 1.67. The molecule has 0 aromatic rings. The Bertz CT molecular complexity index is 128. The number of rotatable bonds is 8. The number of hydrogen-bond acceptors (Lipinski definition) is 3. The molecule has 0 aromatic carbocycles. The van der Waals surface area contributed by atoms with Crippen LogP contribution in [-0.4, -0.2) is 39.0 Å². The molecule has 2 atom stereocenters. The highest BCUT2D eigenvalue weighted by atomic mass is 16.5. The molecule has 0 aliphatic carbocycles. The topological polar surface area (TPSA) is 30.5 Å². The molecule has 0 aliphatic heterocycles. The largest absolute Gasteiger partial charge is 0.382 e. The molecule has 0 saturated carbocycles. The molecule has 2 unspecified atom stereocenters. The Morgan fingerprint density at radius 1 is 1.14 bits per heavy atom. The van der Waals surface area contributed by atoms with Crippen molar-refractivity contribution in [1.29, 1.82) is 0 Å². The van der Waals surface area contributed by atoms with Crippen LogP contribution in [0.25, 0.3) is 0 Å². The van der Waals surface area contributed by atoms with E-state index in [2.05, 4.69) is 26.1 Å². The summed E-state index contributed by atoms with van der Waals surface area (Å²) in [6, 6.07) is 0.552. The van der Waals surface area contributed by atoms with Crippen LogP contribution in [-0.2, 0) is 9.47 Å². The molecule has 0 fully saturated rings. The standard InChI is InChI=1S/C11H25NO2/c1-9(2)11(4)12-6-7-14-10(3)8-13-5/h9-12H,6-8H2,1-5H3. The van der Waals surface area contributed by atoms with Crippen LogP contribution in [0.4, 0.5) is 0 Å². The van der Waals surface area contributed by atoms with E-state index in [1.807, 2.05) is 6.92 Å². The van der Waals surface area contributed by atoms with Crippen LogP contribution < -0.4 is 5.32 Å². The summed E-state index contributed by atoms with van der Waals surface area (Å²) in [6.07, 6.45) is 0.191. The predicted molar refractivity (Wildman–Crippen MR) is 59.6 cm³/mol. The first-order valence-corrected chi connectivity index (χ1v) is 5.41. The molecule has 14 heavy (non-hydrogen) atoms. The Kier molecular flexibility index (Phi) is 8.14. The van der Waals surface area contributed by atoms with Gasteiger partial charge >= 0.3 is 0 Å². The molecule has 86 valence electrons. The van der Waals surface area contributed by atoms with Gasteiger partial charge in [-0.05, 0) is 19.8 Å². The summed E-state index contributed by atoms with van der Waals surface area (Å²) in [5.41, 5.74) is 0. The van der Waals surface area contributed by atoms with E-state index >= 15 is 0 Å². The molecular formula is C11H25NO2. The molecule has 0 heterocycles. The van der Waals surface area contributed by atoms with E-state index in [-0.39, 0.29) is 6.10 Å². The van der Waals surface area contributed by atoms with Crippen LogP contribution in [0.2, 0.25) is 0 Å². The van der Waals surface area contributed by atoms with Gasteiger partial charge in [0.15, 0.2) is 0 Å². The zero-order chi connectivity index (χ0) is 11.0. The third-order valence-electron chi connectivity index (χ3n) is 2.37. The third kappa shape index (κ3) is 7.30. The van der Waals surface area contributed by atoms with Crippen LogP contribution >= 0.6 is 0 Å². The molecule has 0 aromatic heterocycles. The lowest BCUT2D eigenvalue weighted by molar-refractivity contribution is 0.00987. The van der Waals surface area contributed by atoms with Crippen molar-refractivity contribution in [3.8, 4) is 0 Å². The van der Waals surface area contributed by atoms with Gasteiger partial charge in [-0.1, -0.05) is 13.8 Å². The average molecular weight is 203 g/mol. The molecule has 1 N–H and O–H groups in total. The first-order valence-electron chi connectivity index (χ1n) is 5.41. The first kappa shape index (κ1) is 13.9. The maximum absolute atomic E-state index is 5.53. The maximum Gasteiger partial charge on any atom is 0.0780 e. The van der Waals surface area contributed by atoms with Gasteiger partial charge in [-0.2, -0.15) is 0 Å². The number of methoxy groups -OCH3 is 1. The second-order valence-corrected chi connectivity index (χ2v) is 4.12. The highest BCUT2D eigenvalue weighted by Gasteiger charge is 2.05. The molecule has 0 aliphatic rings. The van der Waals surface area contributed by atoms with E-state index in [0.29, 0.717) is 18.6 Å². The van der Waals surface area contributed by atoms with E-state index in [9.17, 15) is 0 Å². The zero-order valence-corrected chi connectivity index (χ0v) is 10.2. The van der Waals surface area contributed by atoms with E-state index in [4.69, 9.17) is 9.47 Å². The van der Waals surface area contributed by atoms with Crippen molar-refractivity contribution in [2.45, 2.75) is 39.8 Å². The van der Waals surface area contributed by atoms with Crippen molar-refractivity contribution >= 4 is 0 Å². The van der Waals surface area contributed by atoms with Gasteiger partial charge < -0.3 is 14.8 Å². The van der Waals surface area contributed by atoms with Crippen molar-refractivity contribution in [3.05, 3.63) is 0 Å². The van der Waals surface area contributed by atoms with Crippen LogP contribution in [0.3, 0.4) is 0 Å². The van der Waals surface area contributed by atoms with Gasteiger partial charge in [0.2, 0.25) is 0 Å². The quantitative estimate of drug-likeness (QED) is 0.609. The van der Waals surface area contributed by atoms with Gasteiger partial charge in [-0.15, -0.1) is 0 Å². The van der Waals surface area contributed by atoms with E-state index in [1.165, 1.54) is 0 Å². The smallest absolute Gasteiger partial charge is 0.0780 e. The van der Waals surface area contributed by atoms with Crippen molar-refractivity contribution in [2.75, 3.05) is 26.9 Å². The Hall–Kier alpha value is -0.120. The molecule has 0 spiro atoms. The van der Waals surface area contributed by atoms with Gasteiger partial charge in [-0.3, -0.25) is 0 Å². The Balaban J connectivity index is 3.28. The van der Waals surface area contributed by atoms with Crippen molar-refractivity contribution in [3.63, 3.8) is 0 Å². The minimum Gasteiger partial charge on any atom is -0.382 e. The molecule has 0 bridgehead atoms. The van der Waals surface area contributed by atoms with Gasteiger partial charge in [0, 0.05) is 19.7 Å². The summed E-state index contributed by atoms with van der Waals surface area (Å²) in [5.74, 6) is 0.673. The lowest BCUT2D eigenvalue weighted by Gasteiger charge is -2.18. The highest BCUT2D eigenvalue weighted by molar-refractivity contribution is 4.63. The van der Waals surface area contributed by atoms with Crippen LogP contribution in [0.5, 0.6) is 0 Å². The van der Waals surface area contributed by atoms with Crippen molar-refractivity contribution in [1.82, 2.24) is 5.32 Å². The van der Waals surface area contributed by atoms with Gasteiger partial charge in [-0.25, -0.2) is 0 Å². The Labute approximate surface area is 88.2 Å². The second kappa shape index (κ2) is 8.21. The second-order valence-electron chi connectivity index (χ2n) is 4.12. The normalized spacial score (nSPS) is 15.9. The fraction of sp³-hybridized carbons (Fsp3) is 1.00. The van der Waals surface area contributed by atoms with E-state index < -0.39 is 0 Å². The summed E-state index contributed by atoms with van der Waals surface area (Å²) in [5, 5.41) is 3.41. The van der Waals surface area contributed by atoms with E-state index in [1.54, 1.807) is 7.11 Å².